The van der Waals surface area contributed by atoms with Gasteiger partial charge in [-0.15, -0.1) is 0 Å². The quantitative estimate of drug-likeness (QED) is 0.780. The number of ether oxygens (including phenoxy) is 2. The van der Waals surface area contributed by atoms with Crippen LogP contribution in [-0.2, 0) is 0 Å². The summed E-state index contributed by atoms with van der Waals surface area (Å²) in [5.41, 5.74) is 3.06. The third kappa shape index (κ3) is 2.01. The Labute approximate surface area is 111 Å². The van der Waals surface area contributed by atoms with E-state index in [2.05, 4.69) is 16.0 Å². The molecule has 1 N–H and O–H groups in total. The standard InChI is InChI=1S/C15H14N2O2/c1-18-11-3-4-12(15(8-11)19-2)14-7-10-9-16-6-5-13(10)17-14/h3-9,17H,1-2H3. The maximum absolute atomic E-state index is 5.42. The minimum absolute atomic E-state index is 0.776. The van der Waals surface area contributed by atoms with Gasteiger partial charge < -0.3 is 14.5 Å². The molecule has 96 valence electrons. The van der Waals surface area contributed by atoms with E-state index in [-0.39, 0.29) is 0 Å². The highest BCUT2D eigenvalue weighted by Gasteiger charge is 2.10. The number of nitrogens with zero attached hydrogens (tertiary/aromatic N) is 1. The fraction of sp³-hybridized carbons (Fsp3) is 0.133. The normalized spacial score (nSPS) is 10.6. The summed E-state index contributed by atoms with van der Waals surface area (Å²) in [6.07, 6.45) is 3.61. The van der Waals surface area contributed by atoms with E-state index in [0.29, 0.717) is 0 Å². The molecule has 0 saturated carbocycles. The third-order valence-corrected chi connectivity index (χ3v) is 3.12. The smallest absolute Gasteiger partial charge is 0.131 e. The van der Waals surface area contributed by atoms with E-state index < -0.39 is 0 Å². The van der Waals surface area contributed by atoms with E-state index in [1.54, 1.807) is 20.4 Å². The zero-order chi connectivity index (χ0) is 13.2. The van der Waals surface area contributed by atoms with Crippen LogP contribution in [0.2, 0.25) is 0 Å². The Balaban J connectivity index is 2.15. The van der Waals surface area contributed by atoms with Gasteiger partial charge in [0.25, 0.3) is 0 Å². The molecule has 0 aliphatic heterocycles. The summed E-state index contributed by atoms with van der Waals surface area (Å²) in [6, 6.07) is 9.79. The largest absolute Gasteiger partial charge is 0.497 e. The van der Waals surface area contributed by atoms with Gasteiger partial charge in [0.15, 0.2) is 0 Å². The number of H-pyrrole nitrogens is 1. The van der Waals surface area contributed by atoms with Crippen LogP contribution in [0.25, 0.3) is 22.2 Å². The zero-order valence-electron chi connectivity index (χ0n) is 10.8. The monoisotopic (exact) mass is 254 g/mol. The number of benzene rings is 1. The van der Waals surface area contributed by atoms with E-state index in [4.69, 9.17) is 9.47 Å². The van der Waals surface area contributed by atoms with Gasteiger partial charge in [-0.3, -0.25) is 4.98 Å². The lowest BCUT2D eigenvalue weighted by molar-refractivity contribution is 0.395. The fourth-order valence-corrected chi connectivity index (χ4v) is 2.14. The van der Waals surface area contributed by atoms with Gasteiger partial charge in [-0.05, 0) is 24.3 Å². The minimum Gasteiger partial charge on any atom is -0.497 e. The highest BCUT2D eigenvalue weighted by atomic mass is 16.5. The number of pyridine rings is 1. The van der Waals surface area contributed by atoms with Gasteiger partial charge in [0.2, 0.25) is 0 Å². The number of fused-ring (bicyclic) bond motifs is 1. The molecule has 0 amide bonds. The predicted octanol–water partition coefficient (Wildman–Crippen LogP) is 3.25. The van der Waals surface area contributed by atoms with Crippen molar-refractivity contribution >= 4 is 10.9 Å². The molecular formula is C15H14N2O2. The molecule has 19 heavy (non-hydrogen) atoms. The average Bonchev–Trinajstić information content (AvgIpc) is 2.90. The Bertz CT molecular complexity index is 686. The van der Waals surface area contributed by atoms with Crippen molar-refractivity contribution in [3.8, 4) is 22.8 Å². The molecule has 0 atom stereocenters. The fourth-order valence-electron chi connectivity index (χ4n) is 2.14. The number of hydrogen-bond acceptors (Lipinski definition) is 3. The van der Waals surface area contributed by atoms with Crippen LogP contribution in [0.1, 0.15) is 0 Å². The van der Waals surface area contributed by atoms with Crippen molar-refractivity contribution in [2.45, 2.75) is 0 Å². The van der Waals surface area contributed by atoms with Gasteiger partial charge in [-0.2, -0.15) is 0 Å². The molecule has 4 heteroatoms. The topological polar surface area (TPSA) is 47.1 Å². The first-order valence-electron chi connectivity index (χ1n) is 5.97. The molecule has 3 rings (SSSR count). The van der Waals surface area contributed by atoms with Gasteiger partial charge in [0.05, 0.1) is 19.9 Å². The number of nitrogens with one attached hydrogen (secondary N) is 1. The van der Waals surface area contributed by atoms with E-state index in [1.165, 1.54) is 0 Å². The lowest BCUT2D eigenvalue weighted by Crippen LogP contribution is -1.90. The highest BCUT2D eigenvalue weighted by molar-refractivity contribution is 5.86. The summed E-state index contributed by atoms with van der Waals surface area (Å²) in [6.45, 7) is 0. The lowest BCUT2D eigenvalue weighted by atomic mass is 10.1. The molecule has 2 heterocycles. The molecule has 4 nitrogen and oxygen atoms in total. The van der Waals surface area contributed by atoms with Crippen LogP contribution in [-0.4, -0.2) is 24.2 Å². The van der Waals surface area contributed by atoms with Crippen LogP contribution in [0.5, 0.6) is 11.5 Å². The molecule has 0 unspecified atom stereocenters. The Hall–Kier alpha value is -2.49. The summed E-state index contributed by atoms with van der Waals surface area (Å²) in [4.78, 5) is 7.48. The third-order valence-electron chi connectivity index (χ3n) is 3.12. The van der Waals surface area contributed by atoms with Crippen molar-refractivity contribution in [3.63, 3.8) is 0 Å². The SMILES string of the molecule is COc1ccc(-c2cc3cnccc3[nH]2)c(OC)c1. The van der Waals surface area contributed by atoms with Crippen LogP contribution >= 0.6 is 0 Å². The highest BCUT2D eigenvalue weighted by Crippen LogP contribution is 2.34. The number of hydrogen-bond donors (Lipinski definition) is 1. The Kier molecular flexibility index (Phi) is 2.83. The Morgan fingerprint density at radius 2 is 1.95 bits per heavy atom. The van der Waals surface area contributed by atoms with Crippen LogP contribution in [0, 0.1) is 0 Å². The second-order valence-electron chi connectivity index (χ2n) is 4.21. The lowest BCUT2D eigenvalue weighted by Gasteiger charge is -2.08. The van der Waals surface area contributed by atoms with E-state index in [0.717, 1.165) is 33.7 Å². The number of methoxy groups -OCH3 is 2. The van der Waals surface area contributed by atoms with E-state index >= 15 is 0 Å². The maximum Gasteiger partial charge on any atom is 0.131 e. The molecule has 2 aromatic heterocycles. The first-order chi connectivity index (χ1) is 9.31. The van der Waals surface area contributed by atoms with Crippen LogP contribution < -0.4 is 9.47 Å². The van der Waals surface area contributed by atoms with Gasteiger partial charge in [-0.25, -0.2) is 0 Å². The van der Waals surface area contributed by atoms with Crippen molar-refractivity contribution in [2.24, 2.45) is 0 Å². The Morgan fingerprint density at radius 1 is 1.05 bits per heavy atom. The minimum atomic E-state index is 0.776. The molecule has 0 aliphatic carbocycles. The summed E-state index contributed by atoms with van der Waals surface area (Å²) in [5, 5.41) is 1.08. The van der Waals surface area contributed by atoms with Crippen molar-refractivity contribution in [1.29, 1.82) is 0 Å². The van der Waals surface area contributed by atoms with Gasteiger partial charge in [0.1, 0.15) is 11.5 Å². The van der Waals surface area contributed by atoms with Crippen molar-refractivity contribution in [2.75, 3.05) is 14.2 Å². The summed E-state index contributed by atoms with van der Waals surface area (Å²) in [5.74, 6) is 1.55. The zero-order valence-corrected chi connectivity index (χ0v) is 10.8. The first-order valence-corrected chi connectivity index (χ1v) is 5.97. The average molecular weight is 254 g/mol. The first kappa shape index (κ1) is 11.6. The van der Waals surface area contributed by atoms with Crippen molar-refractivity contribution in [3.05, 3.63) is 42.7 Å². The second kappa shape index (κ2) is 4.65. The van der Waals surface area contributed by atoms with Crippen LogP contribution in [0.15, 0.2) is 42.7 Å². The number of rotatable bonds is 3. The second-order valence-corrected chi connectivity index (χ2v) is 4.21. The van der Waals surface area contributed by atoms with Crippen LogP contribution in [0.3, 0.4) is 0 Å². The maximum atomic E-state index is 5.42. The van der Waals surface area contributed by atoms with E-state index in [1.807, 2.05) is 30.5 Å². The van der Waals surface area contributed by atoms with Crippen molar-refractivity contribution in [1.82, 2.24) is 9.97 Å². The molecule has 0 radical (unpaired) electrons. The van der Waals surface area contributed by atoms with Gasteiger partial charge in [0, 0.05) is 34.9 Å². The van der Waals surface area contributed by atoms with E-state index in [9.17, 15) is 0 Å². The van der Waals surface area contributed by atoms with Gasteiger partial charge in [-0.1, -0.05) is 0 Å². The summed E-state index contributed by atoms with van der Waals surface area (Å²) < 4.78 is 10.6. The van der Waals surface area contributed by atoms with Crippen LogP contribution in [0.4, 0.5) is 0 Å². The number of aromatic nitrogens is 2. The molecular weight excluding hydrogens is 240 g/mol. The molecule has 0 saturated heterocycles. The van der Waals surface area contributed by atoms with Crippen molar-refractivity contribution < 1.29 is 9.47 Å². The summed E-state index contributed by atoms with van der Waals surface area (Å²) >= 11 is 0. The Morgan fingerprint density at radius 3 is 2.68 bits per heavy atom. The number of aromatic amines is 1. The molecule has 3 aromatic rings. The molecule has 1 aromatic carbocycles. The molecule has 0 aliphatic rings. The van der Waals surface area contributed by atoms with Gasteiger partial charge >= 0.3 is 0 Å². The molecule has 0 bridgehead atoms. The summed E-state index contributed by atoms with van der Waals surface area (Å²) in [7, 11) is 3.30. The predicted molar refractivity (Wildman–Crippen MR) is 74.6 cm³/mol. The molecule has 0 fully saturated rings. The molecule has 0 spiro atoms.